The number of pyridine rings is 1. The highest BCUT2D eigenvalue weighted by Crippen LogP contribution is 2.46. The number of fused-ring (bicyclic) bond motifs is 1. The molecule has 0 unspecified atom stereocenters. The molecule has 24 heavy (non-hydrogen) atoms. The SMILES string of the molecule is c1ccc(O[C@H]2CSC3(C2)CN(c2ccc4nncn4n2)C3)nc1. The molecule has 7 nitrogen and oxygen atoms in total. The molecule has 5 heterocycles. The van der Waals surface area contributed by atoms with Crippen molar-refractivity contribution in [3.63, 3.8) is 0 Å². The number of rotatable bonds is 3. The van der Waals surface area contributed by atoms with Gasteiger partial charge in [-0.1, -0.05) is 6.07 Å². The third-order valence-corrected chi connectivity index (χ3v) is 6.11. The van der Waals surface area contributed by atoms with E-state index in [9.17, 15) is 0 Å². The first-order valence-electron chi connectivity index (χ1n) is 7.93. The Kier molecular flexibility index (Phi) is 3.12. The molecule has 1 atom stereocenters. The highest BCUT2D eigenvalue weighted by atomic mass is 32.2. The van der Waals surface area contributed by atoms with Gasteiger partial charge in [0.15, 0.2) is 5.65 Å². The Morgan fingerprint density at radius 2 is 2.17 bits per heavy atom. The molecule has 5 rings (SSSR count). The van der Waals surface area contributed by atoms with E-state index >= 15 is 0 Å². The fourth-order valence-electron chi connectivity index (χ4n) is 3.38. The summed E-state index contributed by atoms with van der Waals surface area (Å²) in [5.74, 6) is 2.71. The zero-order chi connectivity index (χ0) is 16.0. The Morgan fingerprint density at radius 1 is 1.21 bits per heavy atom. The third-order valence-electron chi connectivity index (χ3n) is 4.53. The minimum absolute atomic E-state index is 0.236. The summed E-state index contributed by atoms with van der Waals surface area (Å²) in [6.07, 6.45) is 4.69. The molecule has 3 aromatic rings. The van der Waals surface area contributed by atoms with Crippen molar-refractivity contribution in [1.82, 2.24) is 24.8 Å². The minimum Gasteiger partial charge on any atom is -0.473 e. The molecule has 3 aromatic heterocycles. The Balaban J connectivity index is 1.24. The van der Waals surface area contributed by atoms with E-state index in [1.165, 1.54) is 0 Å². The lowest BCUT2D eigenvalue weighted by Crippen LogP contribution is -2.59. The van der Waals surface area contributed by atoms with Crippen LogP contribution in [0.4, 0.5) is 5.82 Å². The minimum atomic E-state index is 0.236. The standard InChI is InChI=1S/C16H16N6OS/c1-2-6-17-15(3-1)23-12-7-16(24-8-12)9-21(10-16)14-5-4-13-19-18-11-22(13)20-14/h1-6,11-12H,7-10H2/t12-/m1/s1. The van der Waals surface area contributed by atoms with Gasteiger partial charge < -0.3 is 9.64 Å². The quantitative estimate of drug-likeness (QED) is 0.718. The first kappa shape index (κ1) is 14.0. The molecule has 0 aliphatic carbocycles. The largest absolute Gasteiger partial charge is 0.473 e. The van der Waals surface area contributed by atoms with Gasteiger partial charge in [-0.3, -0.25) is 0 Å². The highest BCUT2D eigenvalue weighted by molar-refractivity contribution is 8.01. The van der Waals surface area contributed by atoms with Crippen LogP contribution in [-0.2, 0) is 0 Å². The summed E-state index contributed by atoms with van der Waals surface area (Å²) < 4.78 is 8.01. The van der Waals surface area contributed by atoms with Crippen LogP contribution in [0, 0.1) is 0 Å². The molecular formula is C16H16N6OS. The summed E-state index contributed by atoms with van der Waals surface area (Å²) in [5.41, 5.74) is 0.771. The first-order chi connectivity index (χ1) is 11.8. The van der Waals surface area contributed by atoms with E-state index in [1.54, 1.807) is 17.0 Å². The summed E-state index contributed by atoms with van der Waals surface area (Å²) in [6.45, 7) is 2.00. The number of aromatic nitrogens is 5. The molecule has 0 bridgehead atoms. The van der Waals surface area contributed by atoms with Crippen LogP contribution < -0.4 is 9.64 Å². The van der Waals surface area contributed by atoms with E-state index in [4.69, 9.17) is 4.74 Å². The first-order valence-corrected chi connectivity index (χ1v) is 8.92. The molecule has 8 heteroatoms. The average molecular weight is 340 g/mol. The second kappa shape index (κ2) is 5.34. The van der Waals surface area contributed by atoms with Crippen LogP contribution >= 0.6 is 11.8 Å². The summed E-state index contributed by atoms with van der Waals surface area (Å²) in [4.78, 5) is 6.55. The van der Waals surface area contributed by atoms with Gasteiger partial charge in [-0.05, 0) is 18.2 Å². The summed E-state index contributed by atoms with van der Waals surface area (Å²) in [5, 5.41) is 12.4. The second-order valence-corrected chi connectivity index (χ2v) is 7.78. The Morgan fingerprint density at radius 3 is 3.04 bits per heavy atom. The van der Waals surface area contributed by atoms with Gasteiger partial charge in [-0.2, -0.15) is 4.52 Å². The van der Waals surface area contributed by atoms with Gasteiger partial charge in [0.2, 0.25) is 5.88 Å². The van der Waals surface area contributed by atoms with E-state index in [2.05, 4.69) is 25.2 Å². The lowest BCUT2D eigenvalue weighted by atomic mass is 9.93. The summed E-state index contributed by atoms with van der Waals surface area (Å²) >= 11 is 2.01. The second-order valence-electron chi connectivity index (χ2n) is 6.29. The topological polar surface area (TPSA) is 68.4 Å². The van der Waals surface area contributed by atoms with Crippen molar-refractivity contribution in [2.45, 2.75) is 17.3 Å². The Bertz CT molecular complexity index is 863. The number of hydrogen-bond acceptors (Lipinski definition) is 7. The third kappa shape index (κ3) is 2.37. The summed E-state index contributed by atoms with van der Waals surface area (Å²) in [7, 11) is 0. The number of hydrogen-bond donors (Lipinski definition) is 0. The molecule has 2 fully saturated rings. The van der Waals surface area contributed by atoms with Crippen LogP contribution in [-0.4, -0.2) is 54.5 Å². The van der Waals surface area contributed by atoms with Gasteiger partial charge in [0.05, 0.1) is 4.75 Å². The van der Waals surface area contributed by atoms with Crippen LogP contribution in [0.2, 0.25) is 0 Å². The van der Waals surface area contributed by atoms with Crippen molar-refractivity contribution >= 4 is 23.2 Å². The van der Waals surface area contributed by atoms with Crippen LogP contribution in [0.3, 0.4) is 0 Å². The Labute approximate surface area is 143 Å². The van der Waals surface area contributed by atoms with Gasteiger partial charge in [0.25, 0.3) is 0 Å². The normalized spacial score (nSPS) is 22.0. The molecule has 0 amide bonds. The molecule has 2 saturated heterocycles. The average Bonchev–Trinajstić information content (AvgIpc) is 3.20. The number of anilines is 1. The van der Waals surface area contributed by atoms with Crippen molar-refractivity contribution in [2.24, 2.45) is 0 Å². The molecular weight excluding hydrogens is 324 g/mol. The fourth-order valence-corrected chi connectivity index (χ4v) is 4.91. The van der Waals surface area contributed by atoms with E-state index in [1.807, 2.05) is 42.1 Å². The monoisotopic (exact) mass is 340 g/mol. The Hall–Kier alpha value is -2.35. The predicted molar refractivity (Wildman–Crippen MR) is 91.5 cm³/mol. The van der Waals surface area contributed by atoms with Gasteiger partial charge in [0.1, 0.15) is 18.2 Å². The molecule has 0 radical (unpaired) electrons. The van der Waals surface area contributed by atoms with E-state index in [-0.39, 0.29) is 10.9 Å². The van der Waals surface area contributed by atoms with Crippen LogP contribution in [0.1, 0.15) is 6.42 Å². The van der Waals surface area contributed by atoms with Crippen molar-refractivity contribution in [3.8, 4) is 5.88 Å². The molecule has 122 valence electrons. The van der Waals surface area contributed by atoms with Crippen molar-refractivity contribution < 1.29 is 4.74 Å². The van der Waals surface area contributed by atoms with Crippen molar-refractivity contribution in [3.05, 3.63) is 42.9 Å². The predicted octanol–water partition coefficient (Wildman–Crippen LogP) is 1.66. The van der Waals surface area contributed by atoms with Gasteiger partial charge in [0, 0.05) is 37.5 Å². The van der Waals surface area contributed by atoms with E-state index in [0.29, 0.717) is 0 Å². The van der Waals surface area contributed by atoms with Crippen LogP contribution in [0.15, 0.2) is 42.9 Å². The fraction of sp³-hybridized carbons (Fsp3) is 0.375. The van der Waals surface area contributed by atoms with Gasteiger partial charge in [-0.15, -0.1) is 27.1 Å². The molecule has 0 aromatic carbocycles. The zero-order valence-electron chi connectivity index (χ0n) is 12.9. The van der Waals surface area contributed by atoms with Crippen molar-refractivity contribution in [1.29, 1.82) is 0 Å². The highest BCUT2D eigenvalue weighted by Gasteiger charge is 2.50. The molecule has 2 aliphatic heterocycles. The van der Waals surface area contributed by atoms with Crippen LogP contribution in [0.25, 0.3) is 5.65 Å². The number of ether oxygens (including phenoxy) is 1. The zero-order valence-corrected chi connectivity index (χ0v) is 13.8. The smallest absolute Gasteiger partial charge is 0.213 e. The summed E-state index contributed by atoms with van der Waals surface area (Å²) in [6, 6.07) is 9.74. The molecule has 0 N–H and O–H groups in total. The number of nitrogens with zero attached hydrogens (tertiary/aromatic N) is 6. The maximum atomic E-state index is 6.01. The van der Waals surface area contributed by atoms with Crippen LogP contribution in [0.5, 0.6) is 5.88 Å². The van der Waals surface area contributed by atoms with E-state index in [0.717, 1.165) is 42.6 Å². The van der Waals surface area contributed by atoms with Crippen molar-refractivity contribution in [2.75, 3.05) is 23.7 Å². The molecule has 0 saturated carbocycles. The van der Waals surface area contributed by atoms with Gasteiger partial charge >= 0.3 is 0 Å². The number of thioether (sulfide) groups is 1. The maximum absolute atomic E-state index is 6.01. The van der Waals surface area contributed by atoms with E-state index < -0.39 is 0 Å². The molecule has 1 spiro atoms. The maximum Gasteiger partial charge on any atom is 0.213 e. The molecule has 2 aliphatic rings. The lowest BCUT2D eigenvalue weighted by molar-refractivity contribution is 0.194. The van der Waals surface area contributed by atoms with Gasteiger partial charge in [-0.25, -0.2) is 4.98 Å². The lowest BCUT2D eigenvalue weighted by Gasteiger charge is -2.47.